The maximum atomic E-state index is 12.3. The van der Waals surface area contributed by atoms with Crippen LogP contribution in [0.5, 0.6) is 5.75 Å². The molecule has 1 aromatic heterocycles. The number of aromatic amines is 1. The van der Waals surface area contributed by atoms with Crippen molar-refractivity contribution >= 4 is 16.9 Å². The molecule has 2 aromatic rings. The summed E-state index contributed by atoms with van der Waals surface area (Å²) >= 11 is 0. The summed E-state index contributed by atoms with van der Waals surface area (Å²) in [4.78, 5) is 17.4. The molecule has 0 aliphatic carbocycles. The number of hydrogen-bond acceptors (Lipinski definition) is 3. The Morgan fingerprint density at radius 3 is 2.88 bits per heavy atom. The van der Waals surface area contributed by atoms with Crippen LogP contribution in [0, 0.1) is 5.92 Å². The molecule has 3 N–H and O–H groups in total. The molecule has 0 radical (unpaired) electrons. The van der Waals surface area contributed by atoms with Crippen LogP contribution in [0.2, 0.25) is 0 Å². The molecule has 0 bridgehead atoms. The number of aromatic nitrogens is 1. The number of H-pyrrole nitrogens is 1. The van der Waals surface area contributed by atoms with Gasteiger partial charge in [0, 0.05) is 36.7 Å². The average molecular weight is 345 g/mol. The van der Waals surface area contributed by atoms with Gasteiger partial charge >= 0.3 is 6.03 Å². The van der Waals surface area contributed by atoms with Crippen molar-refractivity contribution in [2.45, 2.75) is 32.3 Å². The van der Waals surface area contributed by atoms with Gasteiger partial charge in [-0.3, -0.25) is 0 Å². The lowest BCUT2D eigenvalue weighted by molar-refractivity contribution is 0.0799. The van der Waals surface area contributed by atoms with Crippen molar-refractivity contribution < 1.29 is 14.6 Å². The minimum absolute atomic E-state index is 0.0177. The lowest BCUT2D eigenvalue weighted by Crippen LogP contribution is -2.46. The summed E-state index contributed by atoms with van der Waals surface area (Å²) in [5.41, 5.74) is 2.18. The van der Waals surface area contributed by atoms with Crippen molar-refractivity contribution in [3.63, 3.8) is 0 Å². The molecule has 1 aromatic carbocycles. The third-order valence-corrected chi connectivity index (χ3v) is 5.15. The highest BCUT2D eigenvalue weighted by atomic mass is 16.5. The second-order valence-electron chi connectivity index (χ2n) is 6.74. The van der Waals surface area contributed by atoms with E-state index in [0.29, 0.717) is 25.6 Å². The molecule has 25 heavy (non-hydrogen) atoms. The van der Waals surface area contributed by atoms with Gasteiger partial charge in [0.15, 0.2) is 0 Å². The van der Waals surface area contributed by atoms with Gasteiger partial charge in [-0.25, -0.2) is 4.79 Å². The number of urea groups is 1. The third-order valence-electron chi connectivity index (χ3n) is 5.15. The topological polar surface area (TPSA) is 77.6 Å². The number of likely N-dealkylation sites (tertiary alicyclic amines) is 1. The van der Waals surface area contributed by atoms with Gasteiger partial charge in [0.05, 0.1) is 13.2 Å². The first kappa shape index (κ1) is 17.6. The quantitative estimate of drug-likeness (QED) is 0.779. The minimum Gasteiger partial charge on any atom is -0.496 e. The third kappa shape index (κ3) is 3.90. The molecular formula is C19H27N3O3. The number of carbonyl (C=O) groups excluding carboxylic acids is 1. The Morgan fingerprint density at radius 1 is 1.44 bits per heavy atom. The Kier molecular flexibility index (Phi) is 5.48. The molecule has 136 valence electrons. The summed E-state index contributed by atoms with van der Waals surface area (Å²) in [6.45, 7) is 3.83. The molecule has 1 saturated heterocycles. The summed E-state index contributed by atoms with van der Waals surface area (Å²) in [6, 6.07) is 5.91. The van der Waals surface area contributed by atoms with Gasteiger partial charge in [0.2, 0.25) is 0 Å². The smallest absolute Gasteiger partial charge is 0.317 e. The fraction of sp³-hybridized carbons (Fsp3) is 0.526. The molecule has 1 unspecified atom stereocenters. The van der Waals surface area contributed by atoms with Gasteiger partial charge in [-0.2, -0.15) is 0 Å². The second kappa shape index (κ2) is 7.78. The van der Waals surface area contributed by atoms with Crippen LogP contribution in [-0.4, -0.2) is 53.9 Å². The molecule has 6 heteroatoms. The highest BCUT2D eigenvalue weighted by Crippen LogP contribution is 2.28. The number of rotatable bonds is 5. The van der Waals surface area contributed by atoms with Crippen molar-refractivity contribution in [1.29, 1.82) is 0 Å². The van der Waals surface area contributed by atoms with Gasteiger partial charge in [-0.05, 0) is 49.8 Å². The van der Waals surface area contributed by atoms with E-state index in [4.69, 9.17) is 4.74 Å². The predicted octanol–water partition coefficient (Wildman–Crippen LogP) is 2.52. The number of fused-ring (bicyclic) bond motifs is 1. The number of aliphatic hydroxyl groups excluding tert-OH is 1. The Hall–Kier alpha value is -2.21. The van der Waals surface area contributed by atoms with Crippen molar-refractivity contribution in [2.24, 2.45) is 5.92 Å². The molecule has 0 saturated carbocycles. The largest absolute Gasteiger partial charge is 0.496 e. The van der Waals surface area contributed by atoms with Crippen LogP contribution in [0.3, 0.4) is 0 Å². The number of piperidine rings is 1. The summed E-state index contributed by atoms with van der Waals surface area (Å²) in [5, 5.41) is 13.7. The first-order valence-electron chi connectivity index (χ1n) is 8.94. The van der Waals surface area contributed by atoms with E-state index in [0.717, 1.165) is 41.5 Å². The number of nitrogens with one attached hydrogen (secondary N) is 2. The molecule has 0 spiro atoms. The maximum absolute atomic E-state index is 12.3. The van der Waals surface area contributed by atoms with Crippen LogP contribution < -0.4 is 10.1 Å². The molecule has 1 fully saturated rings. The molecule has 2 amide bonds. The van der Waals surface area contributed by atoms with Crippen LogP contribution in [-0.2, 0) is 6.42 Å². The predicted molar refractivity (Wildman–Crippen MR) is 97.9 cm³/mol. The fourth-order valence-corrected chi connectivity index (χ4v) is 3.59. The van der Waals surface area contributed by atoms with Crippen LogP contribution in [0.25, 0.3) is 10.9 Å². The number of nitrogens with zero attached hydrogens (tertiary/aromatic N) is 1. The summed E-state index contributed by atoms with van der Waals surface area (Å²) in [6.07, 6.45) is 4.17. The number of ether oxygens (including phenoxy) is 1. The molecule has 1 aliphatic heterocycles. The average Bonchev–Trinajstić information content (AvgIpc) is 3.05. The van der Waals surface area contributed by atoms with Crippen molar-refractivity contribution in [2.75, 3.05) is 26.7 Å². The van der Waals surface area contributed by atoms with Gasteiger partial charge < -0.3 is 25.0 Å². The zero-order chi connectivity index (χ0) is 17.8. The van der Waals surface area contributed by atoms with E-state index in [1.54, 1.807) is 7.11 Å². The lowest BCUT2D eigenvalue weighted by Gasteiger charge is -2.33. The van der Waals surface area contributed by atoms with E-state index < -0.39 is 0 Å². The highest BCUT2D eigenvalue weighted by molar-refractivity contribution is 5.89. The van der Waals surface area contributed by atoms with Crippen LogP contribution in [0.4, 0.5) is 4.79 Å². The number of hydrogen-bond donors (Lipinski definition) is 3. The first-order valence-corrected chi connectivity index (χ1v) is 8.94. The standard InChI is InChI=1S/C19H27N3O3/c1-13(23)14-7-10-22(11-8-14)19(24)20-9-6-15-12-21-16-4-3-5-17(25-2)18(15)16/h3-5,12-14,21,23H,6-11H2,1-2H3,(H,20,24). The zero-order valence-corrected chi connectivity index (χ0v) is 14.9. The van der Waals surface area contributed by atoms with E-state index in [1.807, 2.05) is 36.2 Å². The number of carbonyl (C=O) groups is 1. The van der Waals surface area contributed by atoms with E-state index in [9.17, 15) is 9.90 Å². The van der Waals surface area contributed by atoms with E-state index in [2.05, 4.69) is 10.3 Å². The van der Waals surface area contributed by atoms with Gasteiger partial charge in [-0.1, -0.05) is 6.07 Å². The van der Waals surface area contributed by atoms with Crippen molar-refractivity contribution in [3.05, 3.63) is 30.0 Å². The number of amides is 2. The van der Waals surface area contributed by atoms with Gasteiger partial charge in [0.1, 0.15) is 5.75 Å². The molecule has 3 rings (SSSR count). The van der Waals surface area contributed by atoms with E-state index >= 15 is 0 Å². The summed E-state index contributed by atoms with van der Waals surface area (Å²) in [7, 11) is 1.67. The summed E-state index contributed by atoms with van der Waals surface area (Å²) < 4.78 is 5.44. The Bertz CT molecular complexity index is 718. The minimum atomic E-state index is -0.290. The SMILES string of the molecule is COc1cccc2[nH]cc(CCNC(=O)N3CCC(C(C)O)CC3)c12. The summed E-state index contributed by atoms with van der Waals surface area (Å²) in [5.74, 6) is 1.16. The van der Waals surface area contributed by atoms with Crippen LogP contribution in [0.15, 0.2) is 24.4 Å². The van der Waals surface area contributed by atoms with E-state index in [1.165, 1.54) is 0 Å². The fourth-order valence-electron chi connectivity index (χ4n) is 3.59. The molecule has 2 heterocycles. The highest BCUT2D eigenvalue weighted by Gasteiger charge is 2.25. The first-order chi connectivity index (χ1) is 12.1. The Morgan fingerprint density at radius 2 is 2.20 bits per heavy atom. The van der Waals surface area contributed by atoms with Gasteiger partial charge in [-0.15, -0.1) is 0 Å². The van der Waals surface area contributed by atoms with Gasteiger partial charge in [0.25, 0.3) is 0 Å². The monoisotopic (exact) mass is 345 g/mol. The number of benzene rings is 1. The molecule has 1 atom stereocenters. The van der Waals surface area contributed by atoms with Crippen molar-refractivity contribution in [3.8, 4) is 5.75 Å². The maximum Gasteiger partial charge on any atom is 0.317 e. The second-order valence-corrected chi connectivity index (χ2v) is 6.74. The number of methoxy groups -OCH3 is 1. The van der Waals surface area contributed by atoms with Crippen molar-refractivity contribution in [1.82, 2.24) is 15.2 Å². The van der Waals surface area contributed by atoms with Crippen LogP contribution >= 0.6 is 0 Å². The normalized spacial score (nSPS) is 16.8. The van der Waals surface area contributed by atoms with Crippen LogP contribution in [0.1, 0.15) is 25.3 Å². The molecular weight excluding hydrogens is 318 g/mol. The Balaban J connectivity index is 1.53. The van der Waals surface area contributed by atoms with E-state index in [-0.39, 0.29) is 12.1 Å². The Labute approximate surface area is 148 Å². The number of aliphatic hydroxyl groups is 1. The molecule has 6 nitrogen and oxygen atoms in total. The lowest BCUT2D eigenvalue weighted by atomic mass is 9.92. The molecule has 1 aliphatic rings. The zero-order valence-electron chi connectivity index (χ0n) is 14.9.